The smallest absolute Gasteiger partial charge is 0.302 e. The monoisotopic (exact) mass is 241 g/mol. The van der Waals surface area contributed by atoms with E-state index in [1.54, 1.807) is 6.34 Å². The molecule has 0 amide bonds. The summed E-state index contributed by atoms with van der Waals surface area (Å²) < 4.78 is 6.80. The van der Waals surface area contributed by atoms with E-state index < -0.39 is 5.50 Å². The van der Waals surface area contributed by atoms with Crippen LogP contribution in [0.5, 0.6) is 0 Å². The van der Waals surface area contributed by atoms with E-state index in [-0.39, 0.29) is 12.6 Å². The predicted octanol–water partition coefficient (Wildman–Crippen LogP) is 1.68. The number of aryl methyl sites for hydroxylation is 1. The number of esters is 1. The molecule has 5 nitrogen and oxygen atoms in total. The SMILES string of the molecule is CC(=O)OCc1cc(C)n2c1C(Cl)N=CN2. The summed E-state index contributed by atoms with van der Waals surface area (Å²) in [5.74, 6) is -0.309. The van der Waals surface area contributed by atoms with Crippen molar-refractivity contribution in [3.63, 3.8) is 0 Å². The van der Waals surface area contributed by atoms with Crippen molar-refractivity contribution < 1.29 is 9.53 Å². The lowest BCUT2D eigenvalue weighted by Crippen LogP contribution is -2.22. The lowest BCUT2D eigenvalue weighted by atomic mass is 10.2. The summed E-state index contributed by atoms with van der Waals surface area (Å²) in [6.07, 6.45) is 1.55. The second-order valence-corrected chi connectivity index (χ2v) is 3.97. The molecule has 2 heterocycles. The molecule has 1 unspecified atom stereocenters. The van der Waals surface area contributed by atoms with Gasteiger partial charge in [-0.3, -0.25) is 14.9 Å². The maximum absolute atomic E-state index is 10.8. The lowest BCUT2D eigenvalue weighted by molar-refractivity contribution is -0.142. The zero-order valence-electron chi connectivity index (χ0n) is 9.03. The van der Waals surface area contributed by atoms with Crippen LogP contribution in [0, 0.1) is 6.92 Å². The Balaban J connectivity index is 2.30. The average molecular weight is 242 g/mol. The van der Waals surface area contributed by atoms with Gasteiger partial charge in [0.15, 0.2) is 5.50 Å². The van der Waals surface area contributed by atoms with E-state index in [2.05, 4.69) is 10.4 Å². The number of alkyl halides is 1. The Labute approximate surface area is 98.0 Å². The highest BCUT2D eigenvalue weighted by molar-refractivity contribution is 6.21. The Kier molecular flexibility index (Phi) is 2.87. The first-order chi connectivity index (χ1) is 7.59. The number of nitrogens with one attached hydrogen (secondary N) is 1. The fourth-order valence-corrected chi connectivity index (χ4v) is 1.97. The molecule has 1 aromatic heterocycles. The Morgan fingerprint density at radius 3 is 3.19 bits per heavy atom. The van der Waals surface area contributed by atoms with Crippen LogP contribution in [-0.4, -0.2) is 17.0 Å². The minimum absolute atomic E-state index is 0.221. The van der Waals surface area contributed by atoms with Crippen molar-refractivity contribution in [2.45, 2.75) is 26.0 Å². The van der Waals surface area contributed by atoms with Gasteiger partial charge in [0.1, 0.15) is 12.9 Å². The Hall–Kier alpha value is -1.49. The number of hydrogen-bond donors (Lipinski definition) is 1. The molecule has 0 saturated heterocycles. The summed E-state index contributed by atoms with van der Waals surface area (Å²) in [4.78, 5) is 14.8. The van der Waals surface area contributed by atoms with Crippen molar-refractivity contribution in [1.82, 2.24) is 4.68 Å². The fraction of sp³-hybridized carbons (Fsp3) is 0.400. The number of rotatable bonds is 2. The van der Waals surface area contributed by atoms with Gasteiger partial charge in [-0.2, -0.15) is 0 Å². The molecule has 1 N–H and O–H groups in total. The molecule has 0 aliphatic carbocycles. The molecule has 0 fully saturated rings. The molecule has 16 heavy (non-hydrogen) atoms. The number of carbonyl (C=O) groups excluding carboxylic acids is 1. The molecule has 86 valence electrons. The van der Waals surface area contributed by atoms with E-state index in [9.17, 15) is 4.79 Å². The normalized spacial score (nSPS) is 17.8. The van der Waals surface area contributed by atoms with Gasteiger partial charge in [0.25, 0.3) is 0 Å². The lowest BCUT2D eigenvalue weighted by Gasteiger charge is -2.18. The van der Waals surface area contributed by atoms with Crippen LogP contribution in [0.25, 0.3) is 0 Å². The summed E-state index contributed by atoms with van der Waals surface area (Å²) in [5, 5.41) is 0. The molecule has 0 aromatic carbocycles. The highest BCUT2D eigenvalue weighted by Gasteiger charge is 2.22. The van der Waals surface area contributed by atoms with Gasteiger partial charge in [0.2, 0.25) is 0 Å². The van der Waals surface area contributed by atoms with Crippen molar-refractivity contribution in [2.75, 3.05) is 5.43 Å². The van der Waals surface area contributed by atoms with Crippen LogP contribution >= 0.6 is 11.6 Å². The predicted molar refractivity (Wildman–Crippen MR) is 61.1 cm³/mol. The summed E-state index contributed by atoms with van der Waals surface area (Å²) in [6, 6.07) is 1.93. The highest BCUT2D eigenvalue weighted by atomic mass is 35.5. The third-order valence-corrected chi connectivity index (χ3v) is 2.67. The van der Waals surface area contributed by atoms with Crippen molar-refractivity contribution in [2.24, 2.45) is 4.99 Å². The highest BCUT2D eigenvalue weighted by Crippen LogP contribution is 2.29. The maximum Gasteiger partial charge on any atom is 0.302 e. The van der Waals surface area contributed by atoms with Gasteiger partial charge in [0, 0.05) is 18.2 Å². The number of hydrogen-bond acceptors (Lipinski definition) is 4. The van der Waals surface area contributed by atoms with Crippen LogP contribution in [0.3, 0.4) is 0 Å². The minimum Gasteiger partial charge on any atom is -0.461 e. The van der Waals surface area contributed by atoms with Crippen molar-refractivity contribution in [3.05, 3.63) is 23.0 Å². The molecule has 0 bridgehead atoms. The number of halogens is 1. The van der Waals surface area contributed by atoms with Gasteiger partial charge in [0.05, 0.1) is 5.69 Å². The zero-order chi connectivity index (χ0) is 11.7. The largest absolute Gasteiger partial charge is 0.461 e. The second kappa shape index (κ2) is 4.17. The van der Waals surface area contributed by atoms with Crippen LogP contribution in [0.2, 0.25) is 0 Å². The first-order valence-electron chi connectivity index (χ1n) is 4.86. The van der Waals surface area contributed by atoms with Crippen LogP contribution in [0.4, 0.5) is 0 Å². The molecule has 6 heteroatoms. The van der Waals surface area contributed by atoms with Crippen LogP contribution in [-0.2, 0) is 16.1 Å². The Morgan fingerprint density at radius 1 is 1.75 bits per heavy atom. The van der Waals surface area contributed by atoms with E-state index in [0.717, 1.165) is 17.0 Å². The molecule has 0 radical (unpaired) electrons. The number of fused-ring (bicyclic) bond motifs is 1. The summed E-state index contributed by atoms with van der Waals surface area (Å²) in [7, 11) is 0. The third-order valence-electron chi connectivity index (χ3n) is 2.35. The first-order valence-corrected chi connectivity index (χ1v) is 5.30. The minimum atomic E-state index is -0.444. The molecule has 1 aromatic rings. The Bertz CT molecular complexity index is 453. The average Bonchev–Trinajstić information content (AvgIpc) is 2.55. The van der Waals surface area contributed by atoms with Gasteiger partial charge in [-0.1, -0.05) is 11.6 Å². The molecule has 1 aliphatic rings. The van der Waals surface area contributed by atoms with Gasteiger partial charge in [-0.05, 0) is 13.0 Å². The number of ether oxygens (including phenoxy) is 1. The summed E-state index contributed by atoms with van der Waals surface area (Å²) in [6.45, 7) is 3.54. The van der Waals surface area contributed by atoms with Gasteiger partial charge < -0.3 is 4.74 Å². The standard InChI is InChI=1S/C10H12ClN3O2/c1-6-3-8(4-16-7(2)15)9-10(11)12-5-13-14(6)9/h3,5,10H,4H2,1-2H3,(H,12,13). The molecule has 1 atom stereocenters. The third kappa shape index (κ3) is 1.90. The molecule has 0 spiro atoms. The van der Waals surface area contributed by atoms with E-state index in [1.165, 1.54) is 6.92 Å². The first kappa shape index (κ1) is 11.0. The van der Waals surface area contributed by atoms with Crippen molar-refractivity contribution in [3.8, 4) is 0 Å². The molecular weight excluding hydrogens is 230 g/mol. The van der Waals surface area contributed by atoms with Crippen LogP contribution in [0.15, 0.2) is 11.1 Å². The molecular formula is C10H12ClN3O2. The van der Waals surface area contributed by atoms with E-state index in [0.29, 0.717) is 0 Å². The topological polar surface area (TPSA) is 55.6 Å². The van der Waals surface area contributed by atoms with Gasteiger partial charge in [-0.15, -0.1) is 0 Å². The van der Waals surface area contributed by atoms with E-state index in [1.807, 2.05) is 17.7 Å². The fourth-order valence-electron chi connectivity index (χ4n) is 1.68. The van der Waals surface area contributed by atoms with Crippen LogP contribution in [0.1, 0.15) is 29.4 Å². The number of aliphatic imine (C=N–C) groups is 1. The molecule has 2 rings (SSSR count). The quantitative estimate of drug-likeness (QED) is 0.487. The maximum atomic E-state index is 10.8. The number of carbonyl (C=O) groups is 1. The van der Waals surface area contributed by atoms with Crippen LogP contribution < -0.4 is 5.43 Å². The molecule has 0 saturated carbocycles. The van der Waals surface area contributed by atoms with Gasteiger partial charge >= 0.3 is 5.97 Å². The molecule has 1 aliphatic heterocycles. The second-order valence-electron chi connectivity index (χ2n) is 3.55. The summed E-state index contributed by atoms with van der Waals surface area (Å²) in [5.41, 5.74) is 5.21. The van der Waals surface area contributed by atoms with E-state index >= 15 is 0 Å². The van der Waals surface area contributed by atoms with Gasteiger partial charge in [-0.25, -0.2) is 4.99 Å². The number of nitrogens with zero attached hydrogens (tertiary/aromatic N) is 2. The van der Waals surface area contributed by atoms with E-state index in [4.69, 9.17) is 16.3 Å². The van der Waals surface area contributed by atoms with Crippen molar-refractivity contribution in [1.29, 1.82) is 0 Å². The van der Waals surface area contributed by atoms with Crippen molar-refractivity contribution >= 4 is 23.9 Å². The summed E-state index contributed by atoms with van der Waals surface area (Å²) >= 11 is 6.08. The Morgan fingerprint density at radius 2 is 2.50 bits per heavy atom. The number of aromatic nitrogens is 1. The zero-order valence-corrected chi connectivity index (χ0v) is 9.78.